The Kier molecular flexibility index (Phi) is 5.75. The topological polar surface area (TPSA) is 56.6 Å². The average molecular weight is 494 g/mol. The number of ether oxygens (including phenoxy) is 2. The van der Waals surface area contributed by atoms with Gasteiger partial charge in [0.15, 0.2) is 5.60 Å². The predicted octanol–water partition coefficient (Wildman–Crippen LogP) is 6.63. The summed E-state index contributed by atoms with van der Waals surface area (Å²) in [5.74, 6) is 0.961. The summed E-state index contributed by atoms with van der Waals surface area (Å²) < 4.78 is 15.0. The third kappa shape index (κ3) is 3.46. The summed E-state index contributed by atoms with van der Waals surface area (Å²) >= 11 is 0. The molecule has 1 unspecified atom stereocenters. The first-order valence-electron chi connectivity index (χ1n) is 13.2. The molecule has 0 amide bonds. The van der Waals surface area contributed by atoms with Crippen molar-refractivity contribution in [2.45, 2.75) is 45.6 Å². The van der Waals surface area contributed by atoms with Gasteiger partial charge >= 0.3 is 5.97 Å². The molecule has 3 aromatic carbocycles. The first-order valence-corrected chi connectivity index (χ1v) is 13.2. The van der Waals surface area contributed by atoms with Crippen molar-refractivity contribution in [3.8, 4) is 17.3 Å². The van der Waals surface area contributed by atoms with Gasteiger partial charge in [-0.2, -0.15) is 5.10 Å². The van der Waals surface area contributed by atoms with Gasteiger partial charge in [0.25, 0.3) is 0 Å². The van der Waals surface area contributed by atoms with Gasteiger partial charge in [0.1, 0.15) is 5.75 Å². The molecule has 0 aliphatic carbocycles. The van der Waals surface area contributed by atoms with Crippen molar-refractivity contribution < 1.29 is 14.3 Å². The number of unbranched alkanes of at least 4 members (excludes halogenated alkanes) is 1. The summed E-state index contributed by atoms with van der Waals surface area (Å²) in [7, 11) is 0. The molecule has 0 saturated carbocycles. The van der Waals surface area contributed by atoms with Crippen molar-refractivity contribution in [2.75, 3.05) is 18.0 Å². The Morgan fingerprint density at radius 3 is 2.43 bits per heavy atom. The monoisotopic (exact) mass is 493 g/mol. The number of aromatic nitrogens is 2. The van der Waals surface area contributed by atoms with Crippen LogP contribution in [0.3, 0.4) is 0 Å². The summed E-state index contributed by atoms with van der Waals surface area (Å²) in [6.07, 6.45) is 2.76. The number of aryl methyl sites for hydroxylation is 1. The molecule has 6 nitrogen and oxygen atoms in total. The van der Waals surface area contributed by atoms with Crippen LogP contribution < -0.4 is 9.64 Å². The normalized spacial score (nSPS) is 17.1. The maximum absolute atomic E-state index is 13.3. The molecule has 188 valence electrons. The van der Waals surface area contributed by atoms with E-state index in [2.05, 4.69) is 43.9 Å². The number of carbonyl (C=O) groups excluding carboxylic acids is 1. The molecule has 6 rings (SSSR count). The number of fused-ring (bicyclic) bond motifs is 6. The number of para-hydroxylation sites is 1. The Morgan fingerprint density at radius 1 is 0.919 bits per heavy atom. The lowest BCUT2D eigenvalue weighted by Gasteiger charge is -2.36. The molecule has 1 aromatic heterocycles. The molecule has 1 spiro atoms. The van der Waals surface area contributed by atoms with Crippen LogP contribution in [-0.4, -0.2) is 28.8 Å². The Labute approximate surface area is 217 Å². The zero-order valence-corrected chi connectivity index (χ0v) is 21.5. The third-order valence-electron chi connectivity index (χ3n) is 7.49. The van der Waals surface area contributed by atoms with Gasteiger partial charge in [-0.25, -0.2) is 9.48 Å². The second-order valence-corrected chi connectivity index (χ2v) is 9.55. The predicted molar refractivity (Wildman–Crippen MR) is 144 cm³/mol. The number of benzene rings is 3. The second-order valence-electron chi connectivity index (χ2n) is 9.55. The van der Waals surface area contributed by atoms with E-state index in [1.807, 2.05) is 59.3 Å². The fourth-order valence-electron chi connectivity index (χ4n) is 5.67. The molecule has 0 saturated heterocycles. The highest BCUT2D eigenvalue weighted by atomic mass is 16.6. The number of hydrogen-bond acceptors (Lipinski definition) is 5. The van der Waals surface area contributed by atoms with E-state index in [0.29, 0.717) is 17.2 Å². The third-order valence-corrected chi connectivity index (χ3v) is 7.49. The fraction of sp³-hybridized carbons (Fsp3) is 0.290. The Morgan fingerprint density at radius 2 is 1.68 bits per heavy atom. The summed E-state index contributed by atoms with van der Waals surface area (Å²) in [4.78, 5) is 15.6. The highest BCUT2D eigenvalue weighted by Gasteiger charge is 2.56. The van der Waals surface area contributed by atoms with Crippen LogP contribution in [0.2, 0.25) is 0 Å². The molecule has 0 bridgehead atoms. The first-order chi connectivity index (χ1) is 18.1. The van der Waals surface area contributed by atoms with Crippen LogP contribution >= 0.6 is 0 Å². The van der Waals surface area contributed by atoms with Crippen molar-refractivity contribution in [1.29, 1.82) is 0 Å². The first kappa shape index (κ1) is 23.3. The maximum atomic E-state index is 13.3. The van der Waals surface area contributed by atoms with Crippen LogP contribution in [0.5, 0.6) is 11.6 Å². The van der Waals surface area contributed by atoms with E-state index < -0.39 is 5.60 Å². The van der Waals surface area contributed by atoms with Gasteiger partial charge < -0.3 is 14.4 Å². The number of esters is 1. The minimum absolute atomic E-state index is 0.323. The zero-order chi connectivity index (χ0) is 25.6. The molecule has 2 aliphatic rings. The number of anilines is 1. The summed E-state index contributed by atoms with van der Waals surface area (Å²) in [5, 5.41) is 5.08. The molecule has 0 fully saturated rings. The van der Waals surface area contributed by atoms with E-state index in [9.17, 15) is 4.79 Å². The molecule has 6 heteroatoms. The largest absolute Gasteiger partial charge is 0.440 e. The van der Waals surface area contributed by atoms with E-state index in [0.717, 1.165) is 66.1 Å². The standard InChI is InChI=1S/C31H31N3O3/c1-4-7-17-26-28-29(34(32-26)21-13-9-8-10-14-21)36-27-20-22(33(5-2)6-3)18-19-25(27)31(28)24-16-12-11-15-23(24)30(35)37-31/h8-16,18-20H,4-7,17H2,1-3H3. The Balaban J connectivity index is 1.67. The minimum Gasteiger partial charge on any atom is -0.440 e. The van der Waals surface area contributed by atoms with Crippen LogP contribution in [0.15, 0.2) is 72.8 Å². The van der Waals surface area contributed by atoms with Gasteiger partial charge in [-0.15, -0.1) is 0 Å². The molecular formula is C31H31N3O3. The van der Waals surface area contributed by atoms with Gasteiger partial charge in [-0.05, 0) is 57.0 Å². The summed E-state index contributed by atoms with van der Waals surface area (Å²) in [6.45, 7) is 8.22. The Hall–Kier alpha value is -4.06. The number of carbonyl (C=O) groups is 1. The zero-order valence-electron chi connectivity index (χ0n) is 21.5. The average Bonchev–Trinajstić information content (AvgIpc) is 3.45. The van der Waals surface area contributed by atoms with E-state index in [-0.39, 0.29) is 5.97 Å². The van der Waals surface area contributed by atoms with Crippen LogP contribution in [0, 0.1) is 0 Å². The van der Waals surface area contributed by atoms with Gasteiger partial charge in [0, 0.05) is 36.0 Å². The van der Waals surface area contributed by atoms with Crippen molar-refractivity contribution in [2.24, 2.45) is 0 Å². The van der Waals surface area contributed by atoms with Crippen molar-refractivity contribution in [1.82, 2.24) is 9.78 Å². The molecule has 2 aliphatic heterocycles. The van der Waals surface area contributed by atoms with Crippen LogP contribution in [0.4, 0.5) is 5.69 Å². The lowest BCUT2D eigenvalue weighted by Crippen LogP contribution is -2.34. The summed E-state index contributed by atoms with van der Waals surface area (Å²) in [5.41, 5.74) is 4.83. The SMILES string of the molecule is CCCCc1nn(-c2ccccc2)c2c1C1(OC(=O)c3ccccc31)c1ccc(N(CC)CC)cc1O2. The molecule has 37 heavy (non-hydrogen) atoms. The van der Waals surface area contributed by atoms with Gasteiger partial charge in [0.05, 0.1) is 22.5 Å². The van der Waals surface area contributed by atoms with Gasteiger partial charge in [0.2, 0.25) is 5.88 Å². The lowest BCUT2D eigenvalue weighted by molar-refractivity contribution is 0.0220. The highest BCUT2D eigenvalue weighted by Crippen LogP contribution is 2.58. The van der Waals surface area contributed by atoms with E-state index in [1.165, 1.54) is 0 Å². The number of rotatable bonds is 7. The second kappa shape index (κ2) is 9.11. The summed E-state index contributed by atoms with van der Waals surface area (Å²) in [6, 6.07) is 23.9. The number of hydrogen-bond donors (Lipinski definition) is 0. The number of nitrogens with zero attached hydrogens (tertiary/aromatic N) is 3. The fourth-order valence-corrected chi connectivity index (χ4v) is 5.67. The van der Waals surface area contributed by atoms with E-state index in [1.54, 1.807) is 0 Å². The van der Waals surface area contributed by atoms with Gasteiger partial charge in [-0.3, -0.25) is 0 Å². The molecule has 4 aromatic rings. The molecular weight excluding hydrogens is 462 g/mol. The van der Waals surface area contributed by atoms with Crippen LogP contribution in [-0.2, 0) is 16.8 Å². The van der Waals surface area contributed by atoms with Crippen molar-refractivity contribution in [3.05, 3.63) is 101 Å². The maximum Gasteiger partial charge on any atom is 0.340 e. The van der Waals surface area contributed by atoms with Crippen LogP contribution in [0.1, 0.15) is 66.4 Å². The van der Waals surface area contributed by atoms with Gasteiger partial charge in [-0.1, -0.05) is 49.7 Å². The Bertz CT molecular complexity index is 1470. The van der Waals surface area contributed by atoms with Crippen molar-refractivity contribution in [3.63, 3.8) is 0 Å². The minimum atomic E-state index is -1.12. The molecule has 3 heterocycles. The van der Waals surface area contributed by atoms with E-state index >= 15 is 0 Å². The molecule has 0 N–H and O–H groups in total. The quantitative estimate of drug-likeness (QED) is 0.271. The smallest absolute Gasteiger partial charge is 0.340 e. The highest BCUT2D eigenvalue weighted by molar-refractivity contribution is 5.97. The molecule has 0 radical (unpaired) electrons. The van der Waals surface area contributed by atoms with E-state index in [4.69, 9.17) is 14.6 Å². The van der Waals surface area contributed by atoms with Crippen LogP contribution in [0.25, 0.3) is 5.69 Å². The van der Waals surface area contributed by atoms with Crippen molar-refractivity contribution >= 4 is 11.7 Å². The molecule has 1 atom stereocenters. The lowest BCUT2D eigenvalue weighted by atomic mass is 9.77.